The maximum Gasteiger partial charge on any atom is 0.338 e. The fraction of sp³-hybridized carbons (Fsp3) is 0.417. The molecule has 0 atom stereocenters. The minimum absolute atomic E-state index is 0.199. The minimum atomic E-state index is -0.199. The summed E-state index contributed by atoms with van der Waals surface area (Å²) in [4.78, 5) is 10.8. The highest BCUT2D eigenvalue weighted by Crippen LogP contribution is 2.17. The summed E-state index contributed by atoms with van der Waals surface area (Å²) in [5, 5.41) is 0. The first-order valence-electron chi connectivity index (χ1n) is 5.13. The third kappa shape index (κ3) is 2.87. The monoisotopic (exact) mass is 194 g/mol. The van der Waals surface area contributed by atoms with Crippen molar-refractivity contribution in [2.75, 3.05) is 0 Å². The third-order valence-corrected chi connectivity index (χ3v) is 1.60. The summed E-state index contributed by atoms with van der Waals surface area (Å²) in [6.45, 7) is 8.44. The molecule has 0 saturated carbocycles. The first-order chi connectivity index (χ1) is 6.88. The van der Waals surface area contributed by atoms with E-state index in [0.717, 1.165) is 5.56 Å². The van der Waals surface area contributed by atoms with E-state index in [4.69, 9.17) is 4.74 Å². The van der Waals surface area contributed by atoms with E-state index in [1.807, 2.05) is 45.9 Å². The quantitative estimate of drug-likeness (QED) is 0.591. The zero-order valence-corrected chi connectivity index (χ0v) is 9.33. The van der Waals surface area contributed by atoms with Crippen LogP contribution in [0.4, 0.5) is 0 Å². The van der Waals surface area contributed by atoms with E-state index in [1.165, 1.54) is 0 Å². The summed E-state index contributed by atoms with van der Waals surface area (Å²) < 4.78 is 4.78. The van der Waals surface area contributed by atoms with Crippen molar-refractivity contribution in [1.29, 1.82) is 0 Å². The number of hydrogen-bond acceptors (Lipinski definition) is 2. The smallest absolute Gasteiger partial charge is 0.338 e. The van der Waals surface area contributed by atoms with Crippen molar-refractivity contribution in [1.82, 2.24) is 0 Å². The molecule has 1 aromatic rings. The highest BCUT2D eigenvalue weighted by Gasteiger charge is 2.18. The largest absolute Gasteiger partial charge is 0.457 e. The Bertz CT molecular complexity index is 279. The second-order valence-corrected chi connectivity index (χ2v) is 2.23. The molecule has 2 nitrogen and oxygen atoms in total. The average Bonchev–Trinajstić information content (AvgIpc) is 2.67. The van der Waals surface area contributed by atoms with Gasteiger partial charge in [0.15, 0.2) is 0 Å². The Morgan fingerprint density at radius 3 is 2.21 bits per heavy atom. The zero-order chi connectivity index (χ0) is 11.0. The summed E-state index contributed by atoms with van der Waals surface area (Å²) in [5.74, 6) is -0.199. The molecular weight excluding hydrogens is 176 g/mol. The first kappa shape index (κ1) is 12.7. The highest BCUT2D eigenvalue weighted by atomic mass is 16.5. The third-order valence-electron chi connectivity index (χ3n) is 1.60. The average molecular weight is 194 g/mol. The number of fused-ring (bicyclic) bond motifs is 1. The first-order valence-corrected chi connectivity index (χ1v) is 5.13. The lowest BCUT2D eigenvalue weighted by atomic mass is 10.1. The molecule has 1 aliphatic rings. The van der Waals surface area contributed by atoms with E-state index in [0.29, 0.717) is 12.2 Å². The molecule has 0 aliphatic carbocycles. The van der Waals surface area contributed by atoms with Crippen molar-refractivity contribution in [2.45, 2.75) is 34.3 Å². The van der Waals surface area contributed by atoms with Crippen molar-refractivity contribution >= 4 is 5.97 Å². The van der Waals surface area contributed by atoms with Crippen LogP contribution in [0, 0.1) is 0 Å². The fourth-order valence-electron chi connectivity index (χ4n) is 1.07. The number of benzene rings is 1. The van der Waals surface area contributed by atoms with E-state index in [2.05, 4.69) is 0 Å². The van der Waals surface area contributed by atoms with E-state index >= 15 is 0 Å². The van der Waals surface area contributed by atoms with Crippen molar-refractivity contribution in [3.05, 3.63) is 35.4 Å². The van der Waals surface area contributed by atoms with Crippen LogP contribution in [-0.2, 0) is 11.3 Å². The normalized spacial score (nSPS) is 11.3. The summed E-state index contributed by atoms with van der Waals surface area (Å²) in [6, 6.07) is 7.43. The van der Waals surface area contributed by atoms with Gasteiger partial charge in [-0.25, -0.2) is 4.79 Å². The molecule has 1 aliphatic heterocycles. The number of esters is 1. The van der Waals surface area contributed by atoms with Gasteiger partial charge in [-0.3, -0.25) is 0 Å². The van der Waals surface area contributed by atoms with Gasteiger partial charge in [0, 0.05) is 5.56 Å². The molecule has 0 N–H and O–H groups in total. The predicted molar refractivity (Wildman–Crippen MR) is 58.3 cm³/mol. The molecule has 2 heteroatoms. The van der Waals surface area contributed by atoms with E-state index in [1.54, 1.807) is 6.07 Å². The SMILES string of the molecule is CC.CC.O=C1OCc2ccccc21. The molecular formula is C12H18O2. The van der Waals surface area contributed by atoms with Crippen molar-refractivity contribution in [3.8, 4) is 0 Å². The topological polar surface area (TPSA) is 26.3 Å². The van der Waals surface area contributed by atoms with E-state index in [-0.39, 0.29) is 5.97 Å². The Balaban J connectivity index is 0.000000379. The maximum atomic E-state index is 10.8. The second-order valence-electron chi connectivity index (χ2n) is 2.23. The van der Waals surface area contributed by atoms with Crippen LogP contribution < -0.4 is 0 Å². The van der Waals surface area contributed by atoms with Gasteiger partial charge in [-0.05, 0) is 6.07 Å². The minimum Gasteiger partial charge on any atom is -0.457 e. The Labute approximate surface area is 85.9 Å². The number of carbonyl (C=O) groups excluding carboxylic acids is 1. The molecule has 0 fully saturated rings. The number of carbonyl (C=O) groups is 1. The van der Waals surface area contributed by atoms with Crippen LogP contribution in [0.3, 0.4) is 0 Å². The molecule has 0 aromatic heterocycles. The number of hydrogen-bond donors (Lipinski definition) is 0. The van der Waals surface area contributed by atoms with Crippen LogP contribution in [0.5, 0.6) is 0 Å². The number of rotatable bonds is 0. The Kier molecular flexibility index (Phi) is 6.46. The van der Waals surface area contributed by atoms with Crippen LogP contribution in [-0.4, -0.2) is 5.97 Å². The van der Waals surface area contributed by atoms with Gasteiger partial charge in [0.25, 0.3) is 0 Å². The van der Waals surface area contributed by atoms with Crippen molar-refractivity contribution in [2.24, 2.45) is 0 Å². The predicted octanol–water partition coefficient (Wildman–Crippen LogP) is 3.41. The van der Waals surface area contributed by atoms with Crippen LogP contribution in [0.1, 0.15) is 43.6 Å². The molecule has 78 valence electrons. The lowest BCUT2D eigenvalue weighted by molar-refractivity contribution is 0.0535. The van der Waals surface area contributed by atoms with Gasteiger partial charge in [-0.15, -0.1) is 0 Å². The molecule has 0 radical (unpaired) electrons. The summed E-state index contributed by atoms with van der Waals surface area (Å²) in [6.07, 6.45) is 0. The van der Waals surface area contributed by atoms with Crippen LogP contribution in [0.2, 0.25) is 0 Å². The Morgan fingerprint density at radius 2 is 1.64 bits per heavy atom. The van der Waals surface area contributed by atoms with E-state index < -0.39 is 0 Å². The molecule has 0 bridgehead atoms. The molecule has 0 amide bonds. The van der Waals surface area contributed by atoms with Crippen LogP contribution in [0.25, 0.3) is 0 Å². The Morgan fingerprint density at radius 1 is 1.07 bits per heavy atom. The summed E-state index contributed by atoms with van der Waals surface area (Å²) >= 11 is 0. The van der Waals surface area contributed by atoms with Gasteiger partial charge in [-0.1, -0.05) is 45.9 Å². The fourth-order valence-corrected chi connectivity index (χ4v) is 1.07. The Hall–Kier alpha value is -1.31. The second kappa shape index (κ2) is 7.13. The van der Waals surface area contributed by atoms with Gasteiger partial charge in [0.1, 0.15) is 6.61 Å². The zero-order valence-electron chi connectivity index (χ0n) is 9.33. The molecule has 1 heterocycles. The molecule has 14 heavy (non-hydrogen) atoms. The molecule has 0 saturated heterocycles. The van der Waals surface area contributed by atoms with Crippen LogP contribution >= 0.6 is 0 Å². The van der Waals surface area contributed by atoms with Gasteiger partial charge < -0.3 is 4.74 Å². The molecule has 0 unspecified atom stereocenters. The number of ether oxygens (including phenoxy) is 1. The lowest BCUT2D eigenvalue weighted by Gasteiger charge is -1.87. The van der Waals surface area contributed by atoms with Gasteiger partial charge in [-0.2, -0.15) is 0 Å². The maximum absolute atomic E-state index is 10.8. The van der Waals surface area contributed by atoms with Gasteiger partial charge >= 0.3 is 5.97 Å². The van der Waals surface area contributed by atoms with E-state index in [9.17, 15) is 4.79 Å². The van der Waals surface area contributed by atoms with Crippen LogP contribution in [0.15, 0.2) is 24.3 Å². The highest BCUT2D eigenvalue weighted by molar-refractivity contribution is 5.93. The summed E-state index contributed by atoms with van der Waals surface area (Å²) in [5.41, 5.74) is 1.70. The molecule has 0 spiro atoms. The van der Waals surface area contributed by atoms with Gasteiger partial charge in [0.2, 0.25) is 0 Å². The van der Waals surface area contributed by atoms with Crippen molar-refractivity contribution < 1.29 is 9.53 Å². The van der Waals surface area contributed by atoms with Gasteiger partial charge in [0.05, 0.1) is 5.56 Å². The lowest BCUT2D eigenvalue weighted by Crippen LogP contribution is -1.91. The summed E-state index contributed by atoms with van der Waals surface area (Å²) in [7, 11) is 0. The molecule has 2 rings (SSSR count). The molecule has 1 aromatic carbocycles. The van der Waals surface area contributed by atoms with Crippen molar-refractivity contribution in [3.63, 3.8) is 0 Å². The number of cyclic esters (lactones) is 1. The standard InChI is InChI=1S/C8H6O2.2C2H6/c9-8-7-4-2-1-3-6(7)5-10-8;2*1-2/h1-4H,5H2;2*1-2H3.